The fraction of sp³-hybridized carbons (Fsp3) is 0.647. The highest BCUT2D eigenvalue weighted by Crippen LogP contribution is 2.54. The van der Waals surface area contributed by atoms with Gasteiger partial charge >= 0.3 is 0 Å². The van der Waals surface area contributed by atoms with Crippen LogP contribution >= 0.6 is 0 Å². The number of ether oxygens (including phenoxy) is 1. The topological polar surface area (TPSA) is 61.3 Å². The van der Waals surface area contributed by atoms with E-state index < -0.39 is 0 Å². The number of nitrogens with zero attached hydrogens (tertiary/aromatic N) is 2. The van der Waals surface area contributed by atoms with E-state index in [0.717, 1.165) is 36.9 Å². The zero-order valence-electron chi connectivity index (χ0n) is 13.3. The lowest BCUT2D eigenvalue weighted by Gasteiger charge is -2.29. The Kier molecular flexibility index (Phi) is 3.15. The molecule has 0 radical (unpaired) electrons. The second-order valence-electron chi connectivity index (χ2n) is 7.51. The average molecular weight is 302 g/mol. The quantitative estimate of drug-likeness (QED) is 0.861. The van der Waals surface area contributed by atoms with E-state index in [1.807, 2.05) is 12.1 Å². The van der Waals surface area contributed by atoms with Crippen LogP contribution in [0.1, 0.15) is 68.8 Å². The van der Waals surface area contributed by atoms with Gasteiger partial charge in [-0.15, -0.1) is 0 Å². The summed E-state index contributed by atoms with van der Waals surface area (Å²) in [4.78, 5) is 4.68. The molecule has 0 bridgehead atoms. The van der Waals surface area contributed by atoms with E-state index in [-0.39, 0.29) is 17.4 Å². The van der Waals surface area contributed by atoms with E-state index in [0.29, 0.717) is 11.8 Å². The zero-order chi connectivity index (χ0) is 15.3. The van der Waals surface area contributed by atoms with Gasteiger partial charge in [-0.25, -0.2) is 0 Å². The molecule has 1 saturated carbocycles. The van der Waals surface area contributed by atoms with Crippen molar-refractivity contribution in [3.05, 3.63) is 35.9 Å². The van der Waals surface area contributed by atoms with E-state index >= 15 is 0 Å². The normalized spacial score (nSPS) is 31.6. The first-order valence-corrected chi connectivity index (χ1v) is 8.02. The van der Waals surface area contributed by atoms with Gasteiger partial charge in [-0.05, 0) is 30.4 Å². The Morgan fingerprint density at radius 1 is 1.18 bits per heavy atom. The minimum Gasteiger partial charge on any atom is -0.469 e. The van der Waals surface area contributed by atoms with E-state index in [9.17, 15) is 0 Å². The van der Waals surface area contributed by atoms with Crippen LogP contribution in [0.25, 0.3) is 0 Å². The molecule has 118 valence electrons. The fourth-order valence-corrected chi connectivity index (χ4v) is 3.54. The van der Waals surface area contributed by atoms with Crippen molar-refractivity contribution in [3.8, 4) is 0 Å². The van der Waals surface area contributed by atoms with Crippen molar-refractivity contribution in [1.29, 1.82) is 0 Å². The zero-order valence-corrected chi connectivity index (χ0v) is 13.3. The van der Waals surface area contributed by atoms with Crippen LogP contribution in [0.3, 0.4) is 0 Å². The minimum atomic E-state index is 0.0816. The first kappa shape index (κ1) is 14.0. The maximum atomic E-state index is 5.91. The van der Waals surface area contributed by atoms with Crippen molar-refractivity contribution in [2.45, 2.75) is 57.5 Å². The van der Waals surface area contributed by atoms with Crippen molar-refractivity contribution < 1.29 is 13.7 Å². The van der Waals surface area contributed by atoms with Crippen LogP contribution in [0, 0.1) is 5.41 Å². The summed E-state index contributed by atoms with van der Waals surface area (Å²) in [7, 11) is 0. The molecule has 1 aliphatic carbocycles. The second-order valence-corrected chi connectivity index (χ2v) is 7.51. The van der Waals surface area contributed by atoms with Gasteiger partial charge in [-0.3, -0.25) is 0 Å². The number of hydrogen-bond acceptors (Lipinski definition) is 5. The molecule has 4 rings (SSSR count). The standard InChI is InChI=1S/C17H22N2O3/c1-17(2,3)14-10(6-8-21-14)15-18-16(22-19-15)12-9-11(12)13-5-4-7-20-13/h4-5,7,10-12,14H,6,8-9H2,1-3H3/t10-,11?,12?,14-/m0/s1. The highest BCUT2D eigenvalue weighted by atomic mass is 16.5. The van der Waals surface area contributed by atoms with E-state index in [1.54, 1.807) is 6.26 Å². The van der Waals surface area contributed by atoms with E-state index in [4.69, 9.17) is 13.7 Å². The molecule has 2 aromatic rings. The number of hydrogen-bond donors (Lipinski definition) is 0. The maximum Gasteiger partial charge on any atom is 0.230 e. The fourth-order valence-electron chi connectivity index (χ4n) is 3.54. The molecule has 5 nitrogen and oxygen atoms in total. The van der Waals surface area contributed by atoms with Crippen molar-refractivity contribution >= 4 is 0 Å². The largest absolute Gasteiger partial charge is 0.469 e. The molecule has 0 spiro atoms. The molecular weight excluding hydrogens is 280 g/mol. The molecule has 2 fully saturated rings. The third kappa shape index (κ3) is 2.37. The number of furan rings is 1. The second kappa shape index (κ2) is 4.95. The van der Waals surface area contributed by atoms with Gasteiger partial charge in [0.1, 0.15) is 5.76 Å². The summed E-state index contributed by atoms with van der Waals surface area (Å²) in [6.07, 6.45) is 3.86. The third-order valence-electron chi connectivity index (χ3n) is 4.75. The Labute approximate surface area is 130 Å². The van der Waals surface area contributed by atoms with Gasteiger partial charge in [0.15, 0.2) is 5.82 Å². The van der Waals surface area contributed by atoms with Crippen molar-refractivity contribution in [2.24, 2.45) is 5.41 Å². The van der Waals surface area contributed by atoms with Crippen LogP contribution in [0.15, 0.2) is 27.3 Å². The predicted octanol–water partition coefficient (Wildman–Crippen LogP) is 3.85. The molecule has 2 aromatic heterocycles. The Balaban J connectivity index is 1.51. The van der Waals surface area contributed by atoms with Crippen LogP contribution in [0.4, 0.5) is 0 Å². The predicted molar refractivity (Wildman–Crippen MR) is 79.7 cm³/mol. The molecule has 22 heavy (non-hydrogen) atoms. The maximum absolute atomic E-state index is 5.91. The van der Waals surface area contributed by atoms with Crippen LogP contribution < -0.4 is 0 Å². The van der Waals surface area contributed by atoms with Crippen LogP contribution in [0.5, 0.6) is 0 Å². The number of aromatic nitrogens is 2. The minimum absolute atomic E-state index is 0.0816. The van der Waals surface area contributed by atoms with Crippen molar-refractivity contribution in [1.82, 2.24) is 10.1 Å². The molecule has 0 aromatic carbocycles. The summed E-state index contributed by atoms with van der Waals surface area (Å²) in [6.45, 7) is 7.37. The molecular formula is C17H22N2O3. The average Bonchev–Trinajstić information content (AvgIpc) is 3.00. The van der Waals surface area contributed by atoms with Gasteiger partial charge in [-0.1, -0.05) is 25.9 Å². The number of rotatable bonds is 3. The van der Waals surface area contributed by atoms with Gasteiger partial charge < -0.3 is 13.7 Å². The van der Waals surface area contributed by atoms with Gasteiger partial charge in [0.05, 0.1) is 18.3 Å². The lowest BCUT2D eigenvalue weighted by atomic mass is 9.81. The summed E-state index contributed by atoms with van der Waals surface area (Å²) in [5.41, 5.74) is 0.0816. The summed E-state index contributed by atoms with van der Waals surface area (Å²) >= 11 is 0. The molecule has 1 saturated heterocycles. The van der Waals surface area contributed by atoms with Crippen LogP contribution in [-0.4, -0.2) is 22.9 Å². The van der Waals surface area contributed by atoms with Gasteiger partial charge in [0, 0.05) is 18.4 Å². The summed E-state index contributed by atoms with van der Waals surface area (Å²) < 4.78 is 16.9. The Morgan fingerprint density at radius 2 is 2.05 bits per heavy atom. The molecule has 2 aliphatic rings. The molecule has 0 N–H and O–H groups in total. The van der Waals surface area contributed by atoms with E-state index in [1.165, 1.54) is 0 Å². The lowest BCUT2D eigenvalue weighted by molar-refractivity contribution is 0.0193. The molecule has 3 heterocycles. The Bertz CT molecular complexity index is 641. The molecule has 0 amide bonds. The van der Waals surface area contributed by atoms with Gasteiger partial charge in [0.2, 0.25) is 5.89 Å². The first-order chi connectivity index (χ1) is 10.5. The van der Waals surface area contributed by atoms with Gasteiger partial charge in [-0.2, -0.15) is 4.98 Å². The van der Waals surface area contributed by atoms with Crippen molar-refractivity contribution in [2.75, 3.05) is 6.61 Å². The van der Waals surface area contributed by atoms with Crippen LogP contribution in [0.2, 0.25) is 0 Å². The molecule has 1 aliphatic heterocycles. The van der Waals surface area contributed by atoms with Crippen LogP contribution in [-0.2, 0) is 4.74 Å². The molecule has 4 atom stereocenters. The van der Waals surface area contributed by atoms with Crippen molar-refractivity contribution in [3.63, 3.8) is 0 Å². The summed E-state index contributed by atoms with van der Waals surface area (Å²) in [5, 5.41) is 4.24. The smallest absolute Gasteiger partial charge is 0.230 e. The first-order valence-electron chi connectivity index (χ1n) is 8.02. The highest BCUT2D eigenvalue weighted by Gasteiger charge is 2.47. The SMILES string of the molecule is CC(C)(C)[C@H]1OCC[C@@H]1c1noc(C2CC2c2ccco2)n1. The third-order valence-corrected chi connectivity index (χ3v) is 4.75. The van der Waals surface area contributed by atoms with Gasteiger partial charge in [0.25, 0.3) is 0 Å². The summed E-state index contributed by atoms with van der Waals surface area (Å²) in [6, 6.07) is 3.94. The highest BCUT2D eigenvalue weighted by molar-refractivity contribution is 5.23. The summed E-state index contributed by atoms with van der Waals surface area (Å²) in [5.74, 6) is 3.50. The molecule has 5 heteroatoms. The Hall–Kier alpha value is -1.62. The molecule has 2 unspecified atom stereocenters. The Morgan fingerprint density at radius 3 is 2.77 bits per heavy atom. The van der Waals surface area contributed by atoms with E-state index in [2.05, 4.69) is 30.9 Å². The monoisotopic (exact) mass is 302 g/mol. The lowest BCUT2D eigenvalue weighted by Crippen LogP contribution is -2.30.